The summed E-state index contributed by atoms with van der Waals surface area (Å²) in [6, 6.07) is 8.76. The van der Waals surface area contributed by atoms with Crippen molar-refractivity contribution in [2.75, 3.05) is 6.54 Å². The summed E-state index contributed by atoms with van der Waals surface area (Å²) >= 11 is 5.91. The zero-order valence-electron chi connectivity index (χ0n) is 15.0. The predicted molar refractivity (Wildman–Crippen MR) is 102 cm³/mol. The Kier molecular flexibility index (Phi) is 5.65. The highest BCUT2D eigenvalue weighted by Crippen LogP contribution is 2.31. The number of aromatic nitrogens is 1. The van der Waals surface area contributed by atoms with Gasteiger partial charge in [-0.25, -0.2) is 4.85 Å². The van der Waals surface area contributed by atoms with Crippen molar-refractivity contribution in [1.82, 2.24) is 10.3 Å². The normalized spacial score (nSPS) is 18.8. The molecular formula is C20H22ClN3O2. The van der Waals surface area contributed by atoms with E-state index in [2.05, 4.69) is 29.0 Å². The average Bonchev–Trinajstić information content (AvgIpc) is 2.60. The standard InChI is InChI=1S/C20H22ClN3O2/c1-20(2)12-17(7-9-24-20)26-16-6-8-23-15(11-16)13-25-19-5-4-14(21)10-18(19)22-3/h4-6,8,10-11,17,24H,7,9,12-13H2,1-2H3. The summed E-state index contributed by atoms with van der Waals surface area (Å²) in [7, 11) is 0. The van der Waals surface area contributed by atoms with Gasteiger partial charge in [-0.1, -0.05) is 11.6 Å². The number of hydrogen-bond donors (Lipinski definition) is 1. The number of pyridine rings is 1. The molecule has 0 aliphatic carbocycles. The highest BCUT2D eigenvalue weighted by molar-refractivity contribution is 6.30. The summed E-state index contributed by atoms with van der Waals surface area (Å²) in [6.45, 7) is 12.8. The second-order valence-corrected chi connectivity index (χ2v) is 7.48. The second kappa shape index (κ2) is 7.94. The van der Waals surface area contributed by atoms with E-state index in [1.54, 1.807) is 24.4 Å². The number of ether oxygens (including phenoxy) is 2. The molecule has 0 amide bonds. The van der Waals surface area contributed by atoms with Gasteiger partial charge in [0.1, 0.15) is 24.2 Å². The molecule has 1 atom stereocenters. The molecule has 1 aromatic heterocycles. The number of rotatable bonds is 5. The summed E-state index contributed by atoms with van der Waals surface area (Å²) in [5.41, 5.74) is 1.23. The number of benzene rings is 1. The summed E-state index contributed by atoms with van der Waals surface area (Å²) < 4.78 is 11.9. The summed E-state index contributed by atoms with van der Waals surface area (Å²) in [5, 5.41) is 4.01. The van der Waals surface area contributed by atoms with Crippen molar-refractivity contribution < 1.29 is 9.47 Å². The largest absolute Gasteiger partial charge is 0.498 e. The van der Waals surface area contributed by atoms with E-state index in [0.29, 0.717) is 16.5 Å². The maximum absolute atomic E-state index is 7.22. The molecule has 136 valence electrons. The van der Waals surface area contributed by atoms with Crippen LogP contribution in [0.5, 0.6) is 11.5 Å². The Balaban J connectivity index is 1.64. The first kappa shape index (κ1) is 18.5. The van der Waals surface area contributed by atoms with Crippen LogP contribution in [-0.2, 0) is 6.61 Å². The zero-order valence-corrected chi connectivity index (χ0v) is 15.7. The Morgan fingerprint density at radius 1 is 1.35 bits per heavy atom. The van der Waals surface area contributed by atoms with Gasteiger partial charge in [-0.05, 0) is 51.1 Å². The molecule has 0 saturated carbocycles. The van der Waals surface area contributed by atoms with E-state index in [1.165, 1.54) is 0 Å². The molecule has 2 aromatic rings. The minimum atomic E-state index is 0.0899. The maximum Gasteiger partial charge on any atom is 0.229 e. The third kappa shape index (κ3) is 4.87. The molecule has 2 heterocycles. The Hall–Kier alpha value is -2.29. The summed E-state index contributed by atoms with van der Waals surface area (Å²) in [6.07, 6.45) is 3.85. The van der Waals surface area contributed by atoms with Crippen LogP contribution in [0.4, 0.5) is 5.69 Å². The first-order chi connectivity index (χ1) is 12.4. The molecule has 1 saturated heterocycles. The summed E-state index contributed by atoms with van der Waals surface area (Å²) in [5.74, 6) is 1.29. The van der Waals surface area contributed by atoms with E-state index in [1.807, 2.05) is 12.1 Å². The van der Waals surface area contributed by atoms with Gasteiger partial charge in [-0.2, -0.15) is 0 Å². The predicted octanol–water partition coefficient (Wildman–Crippen LogP) is 4.77. The molecule has 0 spiro atoms. The molecule has 0 radical (unpaired) electrons. The average molecular weight is 372 g/mol. The second-order valence-electron chi connectivity index (χ2n) is 7.04. The lowest BCUT2D eigenvalue weighted by molar-refractivity contribution is 0.112. The fraction of sp³-hybridized carbons (Fsp3) is 0.400. The van der Waals surface area contributed by atoms with Crippen LogP contribution in [-0.4, -0.2) is 23.2 Å². The molecule has 0 bridgehead atoms. The molecule has 1 aromatic carbocycles. The molecule has 1 fully saturated rings. The van der Waals surface area contributed by atoms with Gasteiger partial charge in [0, 0.05) is 29.2 Å². The fourth-order valence-electron chi connectivity index (χ4n) is 3.07. The minimum Gasteiger partial charge on any atom is -0.498 e. The Morgan fingerprint density at radius 2 is 2.19 bits per heavy atom. The smallest absolute Gasteiger partial charge is 0.229 e. The topological polar surface area (TPSA) is 47.7 Å². The lowest BCUT2D eigenvalue weighted by Gasteiger charge is -2.36. The number of piperidine rings is 1. The molecule has 26 heavy (non-hydrogen) atoms. The molecule has 5 nitrogen and oxygen atoms in total. The van der Waals surface area contributed by atoms with Crippen LogP contribution >= 0.6 is 11.6 Å². The van der Waals surface area contributed by atoms with Crippen molar-refractivity contribution in [2.45, 2.75) is 44.9 Å². The number of nitrogens with one attached hydrogen (secondary N) is 1. The van der Waals surface area contributed by atoms with Gasteiger partial charge in [-0.3, -0.25) is 4.98 Å². The minimum absolute atomic E-state index is 0.0899. The van der Waals surface area contributed by atoms with Crippen molar-refractivity contribution in [3.8, 4) is 11.5 Å². The lowest BCUT2D eigenvalue weighted by atomic mass is 9.91. The van der Waals surface area contributed by atoms with Crippen LogP contribution in [0.1, 0.15) is 32.4 Å². The Labute approximate surface area is 159 Å². The fourth-order valence-corrected chi connectivity index (χ4v) is 3.23. The van der Waals surface area contributed by atoms with Crippen molar-refractivity contribution in [2.24, 2.45) is 0 Å². The number of nitrogens with zero attached hydrogens (tertiary/aromatic N) is 2. The van der Waals surface area contributed by atoms with Crippen molar-refractivity contribution in [3.63, 3.8) is 0 Å². The molecule has 1 N–H and O–H groups in total. The van der Waals surface area contributed by atoms with Gasteiger partial charge in [0.25, 0.3) is 0 Å². The van der Waals surface area contributed by atoms with Crippen molar-refractivity contribution >= 4 is 17.3 Å². The molecule has 1 aliphatic rings. The van der Waals surface area contributed by atoms with Gasteiger partial charge in [-0.15, -0.1) is 0 Å². The van der Waals surface area contributed by atoms with E-state index < -0.39 is 0 Å². The van der Waals surface area contributed by atoms with E-state index >= 15 is 0 Å². The van der Waals surface area contributed by atoms with Gasteiger partial charge in [0.15, 0.2) is 0 Å². The third-order valence-electron chi connectivity index (χ3n) is 4.32. The van der Waals surface area contributed by atoms with Crippen LogP contribution in [0.2, 0.25) is 5.02 Å². The summed E-state index contributed by atoms with van der Waals surface area (Å²) in [4.78, 5) is 7.77. The van der Waals surface area contributed by atoms with Crippen LogP contribution in [0.15, 0.2) is 36.5 Å². The Bertz CT molecular complexity index is 817. The van der Waals surface area contributed by atoms with Crippen LogP contribution in [0.25, 0.3) is 4.85 Å². The third-order valence-corrected chi connectivity index (χ3v) is 4.55. The van der Waals surface area contributed by atoms with E-state index in [-0.39, 0.29) is 18.2 Å². The van der Waals surface area contributed by atoms with E-state index in [4.69, 9.17) is 27.6 Å². The highest BCUT2D eigenvalue weighted by atomic mass is 35.5. The quantitative estimate of drug-likeness (QED) is 0.769. The van der Waals surface area contributed by atoms with Gasteiger partial charge >= 0.3 is 0 Å². The molecule has 3 rings (SSSR count). The van der Waals surface area contributed by atoms with Gasteiger partial charge in [0.05, 0.1) is 12.3 Å². The van der Waals surface area contributed by atoms with Gasteiger partial charge in [0.2, 0.25) is 5.69 Å². The van der Waals surface area contributed by atoms with Crippen molar-refractivity contribution in [1.29, 1.82) is 0 Å². The van der Waals surface area contributed by atoms with E-state index in [9.17, 15) is 0 Å². The van der Waals surface area contributed by atoms with Crippen LogP contribution in [0, 0.1) is 6.57 Å². The van der Waals surface area contributed by atoms with Crippen LogP contribution in [0.3, 0.4) is 0 Å². The first-order valence-electron chi connectivity index (χ1n) is 8.62. The van der Waals surface area contributed by atoms with Crippen molar-refractivity contribution in [3.05, 3.63) is 58.7 Å². The van der Waals surface area contributed by atoms with E-state index in [0.717, 1.165) is 30.8 Å². The molecule has 1 unspecified atom stereocenters. The Morgan fingerprint density at radius 3 is 2.96 bits per heavy atom. The molecule has 1 aliphatic heterocycles. The zero-order chi connectivity index (χ0) is 18.6. The lowest BCUT2D eigenvalue weighted by Crippen LogP contribution is -2.49. The maximum atomic E-state index is 7.22. The molecule has 6 heteroatoms. The highest BCUT2D eigenvalue weighted by Gasteiger charge is 2.28. The number of hydrogen-bond acceptors (Lipinski definition) is 4. The van der Waals surface area contributed by atoms with Crippen LogP contribution < -0.4 is 14.8 Å². The van der Waals surface area contributed by atoms with Gasteiger partial charge < -0.3 is 14.8 Å². The first-order valence-corrected chi connectivity index (χ1v) is 8.99. The number of halogens is 1. The SMILES string of the molecule is [C-]#[N+]c1cc(Cl)ccc1OCc1cc(OC2CCNC(C)(C)C2)ccn1. The molecular weight excluding hydrogens is 350 g/mol. The monoisotopic (exact) mass is 371 g/mol.